The van der Waals surface area contributed by atoms with E-state index in [4.69, 9.17) is 0 Å². The molecule has 20 heavy (non-hydrogen) atoms. The van der Waals surface area contributed by atoms with E-state index in [1.807, 2.05) is 13.0 Å². The zero-order chi connectivity index (χ0) is 14.5. The number of rotatable bonds is 4. The van der Waals surface area contributed by atoms with Gasteiger partial charge < -0.3 is 10.2 Å². The molecule has 0 aliphatic rings. The van der Waals surface area contributed by atoms with Gasteiger partial charge in [-0.05, 0) is 25.1 Å². The highest BCUT2D eigenvalue weighted by Gasteiger charge is 2.07. The first-order valence-corrected chi connectivity index (χ1v) is 6.26. The van der Waals surface area contributed by atoms with Crippen LogP contribution in [0.15, 0.2) is 30.6 Å². The van der Waals surface area contributed by atoms with Gasteiger partial charge in [0.1, 0.15) is 11.6 Å². The molecule has 0 aliphatic carbocycles. The Morgan fingerprint density at radius 1 is 1.25 bits per heavy atom. The summed E-state index contributed by atoms with van der Waals surface area (Å²) in [5, 5.41) is 3.16. The Hall–Kier alpha value is -2.50. The lowest BCUT2D eigenvalue weighted by Crippen LogP contribution is -2.21. The predicted octanol–water partition coefficient (Wildman–Crippen LogP) is 1.49. The van der Waals surface area contributed by atoms with Crippen LogP contribution in [-0.2, 0) is 6.54 Å². The molecule has 2 aromatic rings. The van der Waals surface area contributed by atoms with Crippen molar-refractivity contribution in [1.82, 2.24) is 19.9 Å². The zero-order valence-electron chi connectivity index (χ0n) is 11.8. The SMILES string of the molecule is Cc1nccc(CNc2ccc(C(=O)N(C)C)cn2)n1. The summed E-state index contributed by atoms with van der Waals surface area (Å²) in [5.41, 5.74) is 1.46. The summed E-state index contributed by atoms with van der Waals surface area (Å²) in [7, 11) is 3.43. The van der Waals surface area contributed by atoms with Crippen molar-refractivity contribution in [2.24, 2.45) is 0 Å². The molecule has 6 heteroatoms. The number of anilines is 1. The maximum Gasteiger partial charge on any atom is 0.254 e. The molecule has 0 radical (unpaired) electrons. The van der Waals surface area contributed by atoms with Crippen molar-refractivity contribution in [3.8, 4) is 0 Å². The van der Waals surface area contributed by atoms with Crippen LogP contribution in [0.2, 0.25) is 0 Å². The Morgan fingerprint density at radius 2 is 2.05 bits per heavy atom. The maximum atomic E-state index is 11.7. The zero-order valence-corrected chi connectivity index (χ0v) is 11.8. The molecule has 0 unspecified atom stereocenters. The molecule has 0 aromatic carbocycles. The molecule has 0 fully saturated rings. The van der Waals surface area contributed by atoms with E-state index in [1.165, 1.54) is 4.90 Å². The second-order valence-electron chi connectivity index (χ2n) is 4.58. The number of carbonyl (C=O) groups is 1. The van der Waals surface area contributed by atoms with Gasteiger partial charge in [-0.2, -0.15) is 0 Å². The Labute approximate surface area is 117 Å². The lowest BCUT2D eigenvalue weighted by molar-refractivity contribution is 0.0827. The number of carbonyl (C=O) groups excluding carboxylic acids is 1. The van der Waals surface area contributed by atoms with Crippen LogP contribution >= 0.6 is 0 Å². The van der Waals surface area contributed by atoms with Crippen LogP contribution in [-0.4, -0.2) is 39.9 Å². The van der Waals surface area contributed by atoms with Crippen molar-refractivity contribution in [2.45, 2.75) is 13.5 Å². The van der Waals surface area contributed by atoms with Crippen LogP contribution < -0.4 is 5.32 Å². The van der Waals surface area contributed by atoms with Gasteiger partial charge in [0, 0.05) is 26.5 Å². The minimum absolute atomic E-state index is 0.0597. The first-order chi connectivity index (χ1) is 9.56. The summed E-state index contributed by atoms with van der Waals surface area (Å²) in [4.78, 5) is 25.8. The molecule has 2 rings (SSSR count). The molecular weight excluding hydrogens is 254 g/mol. The molecule has 0 aliphatic heterocycles. The number of pyridine rings is 1. The van der Waals surface area contributed by atoms with Gasteiger partial charge in [0.05, 0.1) is 17.8 Å². The minimum Gasteiger partial charge on any atom is -0.364 e. The minimum atomic E-state index is -0.0597. The van der Waals surface area contributed by atoms with Crippen LogP contribution in [0.3, 0.4) is 0 Å². The molecular formula is C14H17N5O. The van der Waals surface area contributed by atoms with Crippen molar-refractivity contribution in [3.05, 3.63) is 47.7 Å². The van der Waals surface area contributed by atoms with Crippen LogP contribution in [0.1, 0.15) is 21.9 Å². The fourth-order valence-electron chi connectivity index (χ4n) is 1.67. The topological polar surface area (TPSA) is 71.0 Å². The van der Waals surface area contributed by atoms with E-state index in [0.29, 0.717) is 17.9 Å². The summed E-state index contributed by atoms with van der Waals surface area (Å²) < 4.78 is 0. The van der Waals surface area contributed by atoms with Crippen molar-refractivity contribution >= 4 is 11.7 Å². The Bertz CT molecular complexity index is 595. The van der Waals surface area contributed by atoms with Crippen LogP contribution in [0.5, 0.6) is 0 Å². The van der Waals surface area contributed by atoms with Crippen molar-refractivity contribution in [2.75, 3.05) is 19.4 Å². The van der Waals surface area contributed by atoms with E-state index in [2.05, 4.69) is 20.3 Å². The number of amides is 1. The summed E-state index contributed by atoms with van der Waals surface area (Å²) in [5.74, 6) is 1.39. The third-order valence-electron chi connectivity index (χ3n) is 2.70. The standard InChI is InChI=1S/C14H17N5O/c1-10-15-7-6-12(18-10)9-17-13-5-4-11(8-16-13)14(20)19(2)3/h4-8H,9H2,1-3H3,(H,16,17). The molecule has 6 nitrogen and oxygen atoms in total. The van der Waals surface area contributed by atoms with Gasteiger partial charge in [-0.3, -0.25) is 4.79 Å². The summed E-state index contributed by atoms with van der Waals surface area (Å²) >= 11 is 0. The first kappa shape index (κ1) is 13.9. The van der Waals surface area contributed by atoms with Gasteiger partial charge in [0.2, 0.25) is 0 Å². The lowest BCUT2D eigenvalue weighted by Gasteiger charge is -2.10. The molecule has 104 valence electrons. The number of hydrogen-bond acceptors (Lipinski definition) is 5. The highest BCUT2D eigenvalue weighted by atomic mass is 16.2. The smallest absolute Gasteiger partial charge is 0.254 e. The van der Waals surface area contributed by atoms with Crippen molar-refractivity contribution in [1.29, 1.82) is 0 Å². The summed E-state index contributed by atoms with van der Waals surface area (Å²) in [6.45, 7) is 2.42. The van der Waals surface area contributed by atoms with Gasteiger partial charge >= 0.3 is 0 Å². The maximum absolute atomic E-state index is 11.7. The van der Waals surface area contributed by atoms with Gasteiger partial charge in [0.15, 0.2) is 0 Å². The fourth-order valence-corrected chi connectivity index (χ4v) is 1.67. The second kappa shape index (κ2) is 6.10. The number of nitrogens with zero attached hydrogens (tertiary/aromatic N) is 4. The van der Waals surface area contributed by atoms with E-state index < -0.39 is 0 Å². The predicted molar refractivity (Wildman–Crippen MR) is 76.4 cm³/mol. The molecule has 0 saturated carbocycles. The lowest BCUT2D eigenvalue weighted by atomic mass is 10.2. The third kappa shape index (κ3) is 3.50. The van der Waals surface area contributed by atoms with Gasteiger partial charge in [-0.25, -0.2) is 15.0 Å². The van der Waals surface area contributed by atoms with Gasteiger partial charge in [-0.15, -0.1) is 0 Å². The van der Waals surface area contributed by atoms with E-state index in [9.17, 15) is 4.79 Å². The second-order valence-corrected chi connectivity index (χ2v) is 4.58. The quantitative estimate of drug-likeness (QED) is 0.912. The number of hydrogen-bond donors (Lipinski definition) is 1. The number of aromatic nitrogens is 3. The molecule has 2 heterocycles. The van der Waals surface area contributed by atoms with Crippen LogP contribution in [0.4, 0.5) is 5.82 Å². The highest BCUT2D eigenvalue weighted by molar-refractivity contribution is 5.93. The molecule has 0 saturated heterocycles. The molecule has 1 amide bonds. The third-order valence-corrected chi connectivity index (χ3v) is 2.70. The Kier molecular flexibility index (Phi) is 4.24. The van der Waals surface area contributed by atoms with E-state index in [1.54, 1.807) is 38.6 Å². The van der Waals surface area contributed by atoms with Crippen LogP contribution in [0.25, 0.3) is 0 Å². The van der Waals surface area contributed by atoms with Gasteiger partial charge in [0.25, 0.3) is 5.91 Å². The fraction of sp³-hybridized carbons (Fsp3) is 0.286. The van der Waals surface area contributed by atoms with E-state index in [0.717, 1.165) is 11.5 Å². The number of aryl methyl sites for hydroxylation is 1. The van der Waals surface area contributed by atoms with Crippen molar-refractivity contribution < 1.29 is 4.79 Å². The number of nitrogens with one attached hydrogen (secondary N) is 1. The largest absolute Gasteiger partial charge is 0.364 e. The molecule has 0 spiro atoms. The molecule has 1 N–H and O–H groups in total. The van der Waals surface area contributed by atoms with Crippen LogP contribution in [0, 0.1) is 6.92 Å². The first-order valence-electron chi connectivity index (χ1n) is 6.26. The summed E-state index contributed by atoms with van der Waals surface area (Å²) in [6, 6.07) is 5.39. The van der Waals surface area contributed by atoms with Crippen molar-refractivity contribution in [3.63, 3.8) is 0 Å². The molecule has 0 atom stereocenters. The van der Waals surface area contributed by atoms with E-state index >= 15 is 0 Å². The molecule has 2 aromatic heterocycles. The Balaban J connectivity index is 1.99. The normalized spacial score (nSPS) is 10.2. The monoisotopic (exact) mass is 271 g/mol. The van der Waals surface area contributed by atoms with E-state index in [-0.39, 0.29) is 5.91 Å². The van der Waals surface area contributed by atoms with Gasteiger partial charge in [-0.1, -0.05) is 0 Å². The summed E-state index contributed by atoms with van der Waals surface area (Å²) in [6.07, 6.45) is 3.29. The average Bonchev–Trinajstić information content (AvgIpc) is 2.45. The average molecular weight is 271 g/mol. The molecule has 0 bridgehead atoms. The highest BCUT2D eigenvalue weighted by Crippen LogP contribution is 2.08. The Morgan fingerprint density at radius 3 is 2.65 bits per heavy atom.